The molecule has 11 nitrogen and oxygen atoms in total. The predicted molar refractivity (Wildman–Crippen MR) is 179 cm³/mol. The predicted octanol–water partition coefficient (Wildman–Crippen LogP) is 3.81. The molecule has 244 valence electrons. The molecule has 2 amide bonds. The number of piperazine rings is 1. The minimum Gasteiger partial charge on any atom is -0.469 e. The van der Waals surface area contributed by atoms with Crippen LogP contribution in [0, 0.1) is 0 Å². The third-order valence-corrected chi connectivity index (χ3v) is 8.96. The lowest BCUT2D eigenvalue weighted by molar-refractivity contribution is -0.139. The summed E-state index contributed by atoms with van der Waals surface area (Å²) in [6.45, 7) is 9.61. The highest BCUT2D eigenvalue weighted by Crippen LogP contribution is 2.30. The molecule has 0 saturated carbocycles. The number of rotatable bonds is 12. The van der Waals surface area contributed by atoms with Crippen molar-refractivity contribution in [3.63, 3.8) is 0 Å². The average molecular weight is 628 g/mol. The lowest BCUT2D eigenvalue weighted by atomic mass is 10.1. The van der Waals surface area contributed by atoms with Crippen LogP contribution in [0.1, 0.15) is 50.6 Å². The average Bonchev–Trinajstić information content (AvgIpc) is 3.42. The number of imidazole rings is 1. The quantitative estimate of drug-likeness (QED) is 0.235. The van der Waals surface area contributed by atoms with Crippen molar-refractivity contribution >= 4 is 45.5 Å². The smallest absolute Gasteiger partial charge is 0.309 e. The summed E-state index contributed by atoms with van der Waals surface area (Å²) in [5.74, 6) is 1.14. The van der Waals surface area contributed by atoms with E-state index >= 15 is 0 Å². The van der Waals surface area contributed by atoms with Crippen molar-refractivity contribution in [3.05, 3.63) is 65.5 Å². The van der Waals surface area contributed by atoms with Crippen molar-refractivity contribution in [1.29, 1.82) is 0 Å². The van der Waals surface area contributed by atoms with Gasteiger partial charge in [-0.3, -0.25) is 19.3 Å². The monoisotopic (exact) mass is 627 g/mol. The number of nitrogens with two attached hydrogens (primary N) is 1. The Bertz CT molecular complexity index is 1690. The maximum atomic E-state index is 13.2. The highest BCUT2D eigenvalue weighted by Gasteiger charge is 2.29. The van der Waals surface area contributed by atoms with Gasteiger partial charge in [-0.15, -0.1) is 0 Å². The fourth-order valence-corrected chi connectivity index (χ4v) is 6.31. The second-order valence-electron chi connectivity index (χ2n) is 12.1. The topological polar surface area (TPSA) is 127 Å². The van der Waals surface area contributed by atoms with Gasteiger partial charge in [-0.2, -0.15) is 0 Å². The number of para-hydroxylation sites is 1. The van der Waals surface area contributed by atoms with Crippen LogP contribution in [0.2, 0.25) is 0 Å². The molecule has 3 heterocycles. The molecule has 4 aromatic rings. The summed E-state index contributed by atoms with van der Waals surface area (Å²) in [6, 6.07) is 15.7. The zero-order valence-electron chi connectivity index (χ0n) is 27.4. The van der Waals surface area contributed by atoms with E-state index in [0.29, 0.717) is 57.1 Å². The molecule has 46 heavy (non-hydrogen) atoms. The first-order valence-corrected chi connectivity index (χ1v) is 16.1. The summed E-state index contributed by atoms with van der Waals surface area (Å²) < 4.78 is 7.10. The van der Waals surface area contributed by atoms with Crippen molar-refractivity contribution < 1.29 is 19.1 Å². The molecular weight excluding hydrogens is 582 g/mol. The van der Waals surface area contributed by atoms with E-state index in [1.54, 1.807) is 13.8 Å². The minimum atomic E-state index is -0.290. The Morgan fingerprint density at radius 1 is 0.978 bits per heavy atom. The molecule has 2 N–H and O–H groups in total. The highest BCUT2D eigenvalue weighted by atomic mass is 16.5. The van der Waals surface area contributed by atoms with Crippen molar-refractivity contribution in [2.75, 3.05) is 45.6 Å². The standard InChI is InChI=1S/C35H45N7O4/c1-5-6-11-31-38-33-34(29-9-7-8-10-30(29)37-35(33)36)42(31)23-28(40-18-16-39(17-19-40)24(2)43)22-41(25(3)44)21-27-14-12-26(13-15-27)20-32(45)46-4/h7-10,12-15,28H,5-6,11,16-23H2,1-4H3,(H2,36,37). The van der Waals surface area contributed by atoms with Crippen LogP contribution in [0.25, 0.3) is 21.9 Å². The zero-order chi connectivity index (χ0) is 32.8. The Labute approximate surface area is 270 Å². The Morgan fingerprint density at radius 2 is 1.67 bits per heavy atom. The maximum Gasteiger partial charge on any atom is 0.309 e. The van der Waals surface area contributed by atoms with Crippen LogP contribution in [0.5, 0.6) is 0 Å². The number of pyridine rings is 1. The Hall–Kier alpha value is -4.51. The number of aromatic nitrogens is 3. The lowest BCUT2D eigenvalue weighted by Crippen LogP contribution is -2.55. The van der Waals surface area contributed by atoms with Crippen LogP contribution in [0.3, 0.4) is 0 Å². The van der Waals surface area contributed by atoms with E-state index in [-0.39, 0.29) is 30.2 Å². The number of carbonyl (C=O) groups excluding carboxylic acids is 3. The first kappa shape index (κ1) is 32.9. The summed E-state index contributed by atoms with van der Waals surface area (Å²) in [5.41, 5.74) is 10.8. The molecule has 11 heteroatoms. The van der Waals surface area contributed by atoms with Gasteiger partial charge in [-0.05, 0) is 23.6 Å². The molecule has 1 aliphatic rings. The van der Waals surface area contributed by atoms with Gasteiger partial charge < -0.3 is 24.8 Å². The van der Waals surface area contributed by atoms with E-state index in [9.17, 15) is 14.4 Å². The molecule has 1 atom stereocenters. The van der Waals surface area contributed by atoms with E-state index in [0.717, 1.165) is 52.6 Å². The largest absolute Gasteiger partial charge is 0.469 e. The molecular formula is C35H45N7O4. The van der Waals surface area contributed by atoms with Gasteiger partial charge in [0.2, 0.25) is 11.8 Å². The van der Waals surface area contributed by atoms with E-state index in [1.807, 2.05) is 52.3 Å². The minimum absolute atomic E-state index is 0.0217. The Morgan fingerprint density at radius 3 is 2.33 bits per heavy atom. The molecule has 1 aliphatic heterocycles. The van der Waals surface area contributed by atoms with Gasteiger partial charge in [0, 0.05) is 77.5 Å². The number of benzene rings is 2. The molecule has 0 radical (unpaired) electrons. The number of carbonyl (C=O) groups is 3. The number of nitrogen functional groups attached to an aromatic ring is 1. The molecule has 1 saturated heterocycles. The summed E-state index contributed by atoms with van der Waals surface area (Å²) in [7, 11) is 1.38. The summed E-state index contributed by atoms with van der Waals surface area (Å²) in [5, 5.41) is 0.998. The fourth-order valence-electron chi connectivity index (χ4n) is 6.31. The number of nitrogens with zero attached hydrogens (tertiary/aromatic N) is 6. The Kier molecular flexibility index (Phi) is 10.5. The number of hydrogen-bond acceptors (Lipinski definition) is 8. The number of esters is 1. The SMILES string of the molecule is CCCCc1nc2c(N)nc3ccccc3c2n1CC(CN(Cc1ccc(CC(=O)OC)cc1)C(C)=O)N1CCN(C(C)=O)CC1. The van der Waals surface area contributed by atoms with Gasteiger partial charge >= 0.3 is 5.97 Å². The number of fused-ring (bicyclic) bond motifs is 3. The number of anilines is 1. The van der Waals surface area contributed by atoms with Gasteiger partial charge in [-0.25, -0.2) is 9.97 Å². The van der Waals surface area contributed by atoms with E-state index in [2.05, 4.69) is 27.4 Å². The number of aryl methyl sites for hydroxylation is 1. The molecule has 0 bridgehead atoms. The lowest BCUT2D eigenvalue weighted by Gasteiger charge is -2.41. The molecule has 2 aromatic carbocycles. The maximum absolute atomic E-state index is 13.2. The number of amides is 2. The van der Waals surface area contributed by atoms with Crippen LogP contribution in [0.15, 0.2) is 48.5 Å². The molecule has 0 spiro atoms. The van der Waals surface area contributed by atoms with Gasteiger partial charge in [0.15, 0.2) is 5.82 Å². The highest BCUT2D eigenvalue weighted by molar-refractivity contribution is 6.06. The molecule has 0 aliphatic carbocycles. The van der Waals surface area contributed by atoms with Gasteiger partial charge in [0.05, 0.1) is 24.6 Å². The van der Waals surface area contributed by atoms with E-state index < -0.39 is 0 Å². The van der Waals surface area contributed by atoms with Crippen molar-refractivity contribution in [1.82, 2.24) is 29.2 Å². The van der Waals surface area contributed by atoms with Gasteiger partial charge in [0.25, 0.3) is 0 Å². The first-order valence-electron chi connectivity index (χ1n) is 16.1. The van der Waals surface area contributed by atoms with Crippen molar-refractivity contribution in [2.45, 2.75) is 65.6 Å². The van der Waals surface area contributed by atoms with Crippen molar-refractivity contribution in [3.8, 4) is 0 Å². The number of unbranched alkanes of at least 4 members (excludes halogenated alkanes) is 1. The van der Waals surface area contributed by atoms with Crippen LogP contribution >= 0.6 is 0 Å². The van der Waals surface area contributed by atoms with Gasteiger partial charge in [-0.1, -0.05) is 55.8 Å². The first-order chi connectivity index (χ1) is 22.2. The van der Waals surface area contributed by atoms with Crippen LogP contribution in [-0.4, -0.2) is 92.9 Å². The molecule has 5 rings (SSSR count). The van der Waals surface area contributed by atoms with Crippen LogP contribution < -0.4 is 5.73 Å². The van der Waals surface area contributed by atoms with Crippen molar-refractivity contribution in [2.24, 2.45) is 0 Å². The number of methoxy groups -OCH3 is 1. The summed E-state index contributed by atoms with van der Waals surface area (Å²) in [4.78, 5) is 52.9. The summed E-state index contributed by atoms with van der Waals surface area (Å²) in [6.07, 6.45) is 3.03. The number of ether oxygens (including phenoxy) is 1. The third kappa shape index (κ3) is 7.47. The van der Waals surface area contributed by atoms with Crippen LogP contribution in [-0.2, 0) is 45.1 Å². The van der Waals surface area contributed by atoms with E-state index in [1.165, 1.54) is 7.11 Å². The molecule has 1 fully saturated rings. The number of hydrogen-bond donors (Lipinski definition) is 1. The van der Waals surface area contributed by atoms with E-state index in [4.69, 9.17) is 15.5 Å². The zero-order valence-corrected chi connectivity index (χ0v) is 27.4. The second-order valence-corrected chi connectivity index (χ2v) is 12.1. The molecule has 1 unspecified atom stereocenters. The third-order valence-electron chi connectivity index (χ3n) is 8.96. The Balaban J connectivity index is 1.50. The second kappa shape index (κ2) is 14.7. The fraction of sp³-hybridized carbons (Fsp3) is 0.457. The van der Waals surface area contributed by atoms with Crippen LogP contribution in [0.4, 0.5) is 5.82 Å². The molecule has 2 aromatic heterocycles. The summed E-state index contributed by atoms with van der Waals surface area (Å²) >= 11 is 0. The normalized spacial score (nSPS) is 14.5. The van der Waals surface area contributed by atoms with Gasteiger partial charge in [0.1, 0.15) is 11.3 Å².